The van der Waals surface area contributed by atoms with Crippen LogP contribution in [0.1, 0.15) is 24.1 Å². The quantitative estimate of drug-likeness (QED) is 0.732. The van der Waals surface area contributed by atoms with E-state index in [1.807, 2.05) is 4.90 Å². The maximum atomic E-state index is 13.0. The smallest absolute Gasteiger partial charge is 0.293 e. The molecule has 1 aliphatic rings. The third kappa shape index (κ3) is 3.35. The van der Waals surface area contributed by atoms with Gasteiger partial charge in [0.05, 0.1) is 12.2 Å². The van der Waals surface area contributed by atoms with Gasteiger partial charge in [-0.2, -0.15) is 10.2 Å². The number of amides is 1. The SMILES string of the molecule is CCc1ccc(C2CNCCN2C(=O)Cn2ncn3nccc3c2=O)cc1. The molecule has 4 rings (SSSR count). The monoisotopic (exact) mass is 366 g/mol. The second kappa shape index (κ2) is 7.32. The van der Waals surface area contributed by atoms with Crippen molar-refractivity contribution in [3.63, 3.8) is 0 Å². The highest BCUT2D eigenvalue weighted by atomic mass is 16.2. The standard InChI is InChI=1S/C19H22N6O2/c1-2-14-3-5-15(6-4-14)17-11-20-9-10-23(17)18(26)12-24-19(27)16-7-8-21-25(16)13-22-24/h3-8,13,17,20H,2,9-12H2,1H3. The number of fused-ring (bicyclic) bond motifs is 1. The molecule has 1 unspecified atom stereocenters. The maximum absolute atomic E-state index is 13.0. The van der Waals surface area contributed by atoms with Crippen molar-refractivity contribution in [2.24, 2.45) is 0 Å². The molecule has 0 saturated carbocycles. The first-order valence-corrected chi connectivity index (χ1v) is 9.16. The van der Waals surface area contributed by atoms with E-state index >= 15 is 0 Å². The Bertz CT molecular complexity index is 1010. The summed E-state index contributed by atoms with van der Waals surface area (Å²) in [5.41, 5.74) is 2.46. The van der Waals surface area contributed by atoms with Crippen LogP contribution in [0.15, 0.2) is 47.7 Å². The van der Waals surface area contributed by atoms with Gasteiger partial charge in [0.25, 0.3) is 5.56 Å². The van der Waals surface area contributed by atoms with E-state index in [1.54, 1.807) is 6.07 Å². The van der Waals surface area contributed by atoms with E-state index in [1.165, 1.54) is 27.3 Å². The number of hydrogen-bond acceptors (Lipinski definition) is 5. The average molecular weight is 366 g/mol. The average Bonchev–Trinajstić information content (AvgIpc) is 3.20. The first-order chi connectivity index (χ1) is 13.2. The summed E-state index contributed by atoms with van der Waals surface area (Å²) in [5.74, 6) is -0.112. The first kappa shape index (κ1) is 17.4. The summed E-state index contributed by atoms with van der Waals surface area (Å²) >= 11 is 0. The molecule has 0 radical (unpaired) electrons. The Morgan fingerprint density at radius 3 is 2.81 bits per heavy atom. The van der Waals surface area contributed by atoms with Crippen LogP contribution in [-0.2, 0) is 17.8 Å². The summed E-state index contributed by atoms with van der Waals surface area (Å²) in [4.78, 5) is 27.3. The van der Waals surface area contributed by atoms with Crippen molar-refractivity contribution in [2.45, 2.75) is 25.9 Å². The third-order valence-electron chi connectivity index (χ3n) is 5.05. The minimum atomic E-state index is -0.317. The zero-order valence-corrected chi connectivity index (χ0v) is 15.2. The van der Waals surface area contributed by atoms with E-state index in [2.05, 4.69) is 46.7 Å². The molecule has 3 heterocycles. The highest BCUT2D eigenvalue weighted by Crippen LogP contribution is 2.23. The Morgan fingerprint density at radius 1 is 1.22 bits per heavy atom. The molecule has 1 fully saturated rings. The Balaban J connectivity index is 1.57. The lowest BCUT2D eigenvalue weighted by Crippen LogP contribution is -2.50. The fourth-order valence-electron chi connectivity index (χ4n) is 3.48. The Hall–Kier alpha value is -3.00. The molecular weight excluding hydrogens is 344 g/mol. The molecule has 1 atom stereocenters. The van der Waals surface area contributed by atoms with Crippen molar-refractivity contribution in [3.05, 3.63) is 64.3 Å². The molecule has 8 nitrogen and oxygen atoms in total. The number of nitrogens with one attached hydrogen (secondary N) is 1. The summed E-state index contributed by atoms with van der Waals surface area (Å²) < 4.78 is 2.62. The van der Waals surface area contributed by atoms with Crippen LogP contribution in [0.4, 0.5) is 0 Å². The largest absolute Gasteiger partial charge is 0.331 e. The van der Waals surface area contributed by atoms with E-state index in [-0.39, 0.29) is 24.1 Å². The van der Waals surface area contributed by atoms with Gasteiger partial charge < -0.3 is 10.2 Å². The molecule has 0 bridgehead atoms. The Morgan fingerprint density at radius 2 is 2.04 bits per heavy atom. The summed E-state index contributed by atoms with van der Waals surface area (Å²) in [7, 11) is 0. The second-order valence-corrected chi connectivity index (χ2v) is 6.66. The van der Waals surface area contributed by atoms with Crippen molar-refractivity contribution < 1.29 is 4.79 Å². The fraction of sp³-hybridized carbons (Fsp3) is 0.368. The van der Waals surface area contributed by atoms with E-state index in [9.17, 15) is 9.59 Å². The van der Waals surface area contributed by atoms with Crippen molar-refractivity contribution in [1.29, 1.82) is 0 Å². The number of piperazine rings is 1. The second-order valence-electron chi connectivity index (χ2n) is 6.66. The van der Waals surface area contributed by atoms with Crippen LogP contribution >= 0.6 is 0 Å². The summed E-state index contributed by atoms with van der Waals surface area (Å²) in [6.07, 6.45) is 3.97. The number of carbonyl (C=O) groups is 1. The van der Waals surface area contributed by atoms with Gasteiger partial charge in [0.2, 0.25) is 5.91 Å². The van der Waals surface area contributed by atoms with Gasteiger partial charge in [0.15, 0.2) is 0 Å². The number of aryl methyl sites for hydroxylation is 1. The topological polar surface area (TPSA) is 84.5 Å². The predicted molar refractivity (Wildman–Crippen MR) is 100 cm³/mol. The lowest BCUT2D eigenvalue weighted by Gasteiger charge is -2.36. The maximum Gasteiger partial charge on any atom is 0.293 e. The number of nitrogens with zero attached hydrogens (tertiary/aromatic N) is 5. The minimum Gasteiger partial charge on any atom is -0.331 e. The molecule has 0 aliphatic carbocycles. The van der Waals surface area contributed by atoms with Crippen molar-refractivity contribution in [2.75, 3.05) is 19.6 Å². The lowest BCUT2D eigenvalue weighted by molar-refractivity contribution is -0.135. The fourth-order valence-corrected chi connectivity index (χ4v) is 3.48. The van der Waals surface area contributed by atoms with Crippen LogP contribution in [0.3, 0.4) is 0 Å². The van der Waals surface area contributed by atoms with Gasteiger partial charge in [-0.05, 0) is 23.6 Å². The molecule has 1 aromatic carbocycles. The molecular formula is C19H22N6O2. The number of hydrogen-bond donors (Lipinski definition) is 1. The van der Waals surface area contributed by atoms with Crippen LogP contribution in [0, 0.1) is 0 Å². The van der Waals surface area contributed by atoms with Crippen molar-refractivity contribution in [1.82, 2.24) is 29.6 Å². The molecule has 0 spiro atoms. The van der Waals surface area contributed by atoms with Gasteiger partial charge in [-0.15, -0.1) is 0 Å². The summed E-state index contributed by atoms with van der Waals surface area (Å²) in [6, 6.07) is 9.94. The summed E-state index contributed by atoms with van der Waals surface area (Å²) in [6.45, 7) is 4.07. The van der Waals surface area contributed by atoms with Gasteiger partial charge in [-0.25, -0.2) is 9.20 Å². The van der Waals surface area contributed by atoms with Crippen molar-refractivity contribution >= 4 is 11.4 Å². The highest BCUT2D eigenvalue weighted by molar-refractivity contribution is 5.76. The molecule has 8 heteroatoms. The Kier molecular flexibility index (Phi) is 4.72. The van der Waals surface area contributed by atoms with Gasteiger partial charge in [0, 0.05) is 19.6 Å². The molecule has 3 aromatic rings. The minimum absolute atomic E-state index is 0.0495. The number of aromatic nitrogens is 4. The zero-order chi connectivity index (χ0) is 18.8. The molecule has 140 valence electrons. The van der Waals surface area contributed by atoms with Crippen molar-refractivity contribution in [3.8, 4) is 0 Å². The van der Waals surface area contributed by atoms with Crippen LogP contribution in [0.5, 0.6) is 0 Å². The molecule has 1 saturated heterocycles. The summed E-state index contributed by atoms with van der Waals surface area (Å²) in [5, 5.41) is 11.4. The molecule has 2 aromatic heterocycles. The zero-order valence-electron chi connectivity index (χ0n) is 15.2. The van der Waals surface area contributed by atoms with Gasteiger partial charge >= 0.3 is 0 Å². The molecule has 1 aliphatic heterocycles. The van der Waals surface area contributed by atoms with Gasteiger partial charge in [0.1, 0.15) is 18.4 Å². The van der Waals surface area contributed by atoms with E-state index in [4.69, 9.17) is 0 Å². The Labute approximate surface area is 156 Å². The van der Waals surface area contributed by atoms with E-state index < -0.39 is 0 Å². The predicted octanol–water partition coefficient (Wildman–Crippen LogP) is 0.627. The normalized spacial score (nSPS) is 17.4. The number of benzene rings is 1. The number of rotatable bonds is 4. The van der Waals surface area contributed by atoms with E-state index in [0.29, 0.717) is 18.6 Å². The van der Waals surface area contributed by atoms with Crippen LogP contribution < -0.4 is 10.9 Å². The van der Waals surface area contributed by atoms with E-state index in [0.717, 1.165) is 18.5 Å². The number of carbonyl (C=O) groups excluding carboxylic acids is 1. The lowest BCUT2D eigenvalue weighted by atomic mass is 10.0. The van der Waals surface area contributed by atoms with Crippen LogP contribution in [0.2, 0.25) is 0 Å². The third-order valence-corrected chi connectivity index (χ3v) is 5.05. The van der Waals surface area contributed by atoms with Gasteiger partial charge in [-0.3, -0.25) is 9.59 Å². The van der Waals surface area contributed by atoms with Crippen LogP contribution in [-0.4, -0.2) is 49.8 Å². The van der Waals surface area contributed by atoms with Gasteiger partial charge in [-0.1, -0.05) is 31.2 Å². The first-order valence-electron chi connectivity index (χ1n) is 9.16. The van der Waals surface area contributed by atoms with Crippen LogP contribution in [0.25, 0.3) is 5.52 Å². The molecule has 27 heavy (non-hydrogen) atoms. The molecule has 1 N–H and O–H groups in total. The molecule has 1 amide bonds. The highest BCUT2D eigenvalue weighted by Gasteiger charge is 2.28.